The molecule has 0 N–H and O–H groups in total. The van der Waals surface area contributed by atoms with Gasteiger partial charge >= 0.3 is 5.97 Å². The predicted molar refractivity (Wildman–Crippen MR) is 82.6 cm³/mol. The van der Waals surface area contributed by atoms with Gasteiger partial charge in [0.25, 0.3) is 0 Å². The Morgan fingerprint density at radius 1 is 1.29 bits per heavy atom. The largest absolute Gasteiger partial charge is 0.469 e. The summed E-state index contributed by atoms with van der Waals surface area (Å²) in [6.07, 6.45) is 1.98. The lowest BCUT2D eigenvalue weighted by Gasteiger charge is -2.28. The van der Waals surface area contributed by atoms with E-state index in [1.54, 1.807) is 5.57 Å². The van der Waals surface area contributed by atoms with E-state index in [0.717, 1.165) is 32.5 Å². The Labute approximate surface area is 126 Å². The molecule has 0 bridgehead atoms. The second-order valence-electron chi connectivity index (χ2n) is 6.22. The normalized spacial score (nSPS) is 25.8. The monoisotopic (exact) mass is 285 g/mol. The van der Waals surface area contributed by atoms with Gasteiger partial charge in [-0.15, -0.1) is 0 Å². The fraction of sp³-hybridized carbons (Fsp3) is 0.500. The van der Waals surface area contributed by atoms with Gasteiger partial charge in [-0.1, -0.05) is 48.4 Å². The average molecular weight is 285 g/mol. The molecule has 1 heterocycles. The molecule has 1 aromatic rings. The van der Waals surface area contributed by atoms with Crippen LogP contribution in [0, 0.1) is 11.8 Å². The van der Waals surface area contributed by atoms with Crippen molar-refractivity contribution >= 4 is 5.97 Å². The molecule has 2 atom stereocenters. The standard InChI is InChI=1S/C18H23NO2/c1-13-16(18(20)21-2)9-8-15-11-19(12-17(13)15)10-14-6-4-3-5-7-14/h3-7,13,16H,8-12H2,1-2H3/t13-,16+/m1/s1. The summed E-state index contributed by atoms with van der Waals surface area (Å²) in [7, 11) is 1.50. The number of hydrogen-bond acceptors (Lipinski definition) is 3. The van der Waals surface area contributed by atoms with Crippen LogP contribution < -0.4 is 0 Å². The van der Waals surface area contributed by atoms with Crippen LogP contribution in [0.1, 0.15) is 25.3 Å². The van der Waals surface area contributed by atoms with E-state index in [0.29, 0.717) is 5.92 Å². The summed E-state index contributed by atoms with van der Waals surface area (Å²) in [5, 5.41) is 0. The van der Waals surface area contributed by atoms with Crippen molar-refractivity contribution in [2.45, 2.75) is 26.3 Å². The topological polar surface area (TPSA) is 29.5 Å². The zero-order valence-electron chi connectivity index (χ0n) is 12.8. The summed E-state index contributed by atoms with van der Waals surface area (Å²) in [5.74, 6) is 0.322. The molecule has 112 valence electrons. The molecule has 21 heavy (non-hydrogen) atoms. The molecule has 1 aromatic carbocycles. The smallest absolute Gasteiger partial charge is 0.309 e. The van der Waals surface area contributed by atoms with Crippen molar-refractivity contribution < 1.29 is 9.53 Å². The molecular weight excluding hydrogens is 262 g/mol. The zero-order chi connectivity index (χ0) is 14.8. The van der Waals surface area contributed by atoms with Crippen LogP contribution in [0.25, 0.3) is 0 Å². The summed E-state index contributed by atoms with van der Waals surface area (Å²) < 4.78 is 4.96. The van der Waals surface area contributed by atoms with E-state index in [2.05, 4.69) is 42.2 Å². The van der Waals surface area contributed by atoms with Crippen LogP contribution >= 0.6 is 0 Å². The van der Waals surface area contributed by atoms with Gasteiger partial charge in [-0.2, -0.15) is 0 Å². The van der Waals surface area contributed by atoms with Crippen LogP contribution in [0.15, 0.2) is 41.5 Å². The van der Waals surface area contributed by atoms with Crippen molar-refractivity contribution in [3.63, 3.8) is 0 Å². The number of ether oxygens (including phenoxy) is 1. The molecule has 0 radical (unpaired) electrons. The Bertz CT molecular complexity index is 550. The Hall–Kier alpha value is -1.61. The molecule has 0 fully saturated rings. The maximum atomic E-state index is 11.9. The molecule has 0 spiro atoms. The lowest BCUT2D eigenvalue weighted by atomic mass is 9.77. The van der Waals surface area contributed by atoms with Gasteiger partial charge in [-0.05, 0) is 24.3 Å². The van der Waals surface area contributed by atoms with E-state index >= 15 is 0 Å². The van der Waals surface area contributed by atoms with Crippen molar-refractivity contribution in [3.05, 3.63) is 47.0 Å². The predicted octanol–water partition coefficient (Wildman–Crippen LogP) is 3.02. The molecule has 0 aromatic heterocycles. The number of benzene rings is 1. The van der Waals surface area contributed by atoms with E-state index in [4.69, 9.17) is 4.74 Å². The first-order valence-corrected chi connectivity index (χ1v) is 7.74. The van der Waals surface area contributed by atoms with Crippen molar-refractivity contribution in [1.29, 1.82) is 0 Å². The third kappa shape index (κ3) is 2.88. The van der Waals surface area contributed by atoms with Crippen LogP contribution in [0.3, 0.4) is 0 Å². The molecule has 0 saturated carbocycles. The first-order chi connectivity index (χ1) is 10.2. The van der Waals surface area contributed by atoms with Gasteiger partial charge < -0.3 is 4.74 Å². The molecule has 3 rings (SSSR count). The van der Waals surface area contributed by atoms with Crippen LogP contribution in [-0.2, 0) is 16.1 Å². The third-order valence-corrected chi connectivity index (χ3v) is 4.93. The average Bonchev–Trinajstić information content (AvgIpc) is 2.91. The highest BCUT2D eigenvalue weighted by molar-refractivity contribution is 5.73. The second-order valence-corrected chi connectivity index (χ2v) is 6.22. The maximum Gasteiger partial charge on any atom is 0.309 e. The minimum absolute atomic E-state index is 0.0458. The number of carbonyl (C=O) groups excluding carboxylic acids is 1. The number of rotatable bonds is 3. The quantitative estimate of drug-likeness (QED) is 0.631. The van der Waals surface area contributed by atoms with Crippen LogP contribution in [0.4, 0.5) is 0 Å². The molecule has 1 aliphatic heterocycles. The number of esters is 1. The van der Waals surface area contributed by atoms with Crippen LogP contribution in [0.2, 0.25) is 0 Å². The summed E-state index contributed by atoms with van der Waals surface area (Å²) in [6.45, 7) is 5.23. The lowest BCUT2D eigenvalue weighted by Crippen LogP contribution is -2.29. The highest BCUT2D eigenvalue weighted by atomic mass is 16.5. The lowest BCUT2D eigenvalue weighted by molar-refractivity contribution is -0.147. The first kappa shape index (κ1) is 14.3. The number of methoxy groups -OCH3 is 1. The van der Waals surface area contributed by atoms with E-state index in [1.165, 1.54) is 18.2 Å². The van der Waals surface area contributed by atoms with Gasteiger partial charge in [-0.25, -0.2) is 0 Å². The third-order valence-electron chi connectivity index (χ3n) is 4.93. The summed E-state index contributed by atoms with van der Waals surface area (Å²) in [6, 6.07) is 10.6. The van der Waals surface area contributed by atoms with Crippen molar-refractivity contribution in [1.82, 2.24) is 4.90 Å². The fourth-order valence-corrected chi connectivity index (χ4v) is 3.74. The number of carbonyl (C=O) groups is 1. The molecular formula is C18H23NO2. The van der Waals surface area contributed by atoms with Gasteiger partial charge in [0.15, 0.2) is 0 Å². The van der Waals surface area contributed by atoms with E-state index in [1.807, 2.05) is 0 Å². The van der Waals surface area contributed by atoms with Crippen LogP contribution in [-0.4, -0.2) is 31.1 Å². The summed E-state index contributed by atoms with van der Waals surface area (Å²) in [5.41, 5.74) is 4.39. The zero-order valence-corrected chi connectivity index (χ0v) is 12.8. The first-order valence-electron chi connectivity index (χ1n) is 7.74. The molecule has 0 unspecified atom stereocenters. The fourth-order valence-electron chi connectivity index (χ4n) is 3.74. The van der Waals surface area contributed by atoms with Gasteiger partial charge in [0.2, 0.25) is 0 Å². The Morgan fingerprint density at radius 3 is 2.76 bits per heavy atom. The van der Waals surface area contributed by atoms with Gasteiger partial charge in [0.1, 0.15) is 0 Å². The van der Waals surface area contributed by atoms with E-state index in [-0.39, 0.29) is 11.9 Å². The van der Waals surface area contributed by atoms with E-state index < -0.39 is 0 Å². The Morgan fingerprint density at radius 2 is 2.05 bits per heavy atom. The molecule has 1 aliphatic carbocycles. The highest BCUT2D eigenvalue weighted by Crippen LogP contribution is 2.39. The molecule has 0 amide bonds. The molecule has 2 aliphatic rings. The number of hydrogen-bond donors (Lipinski definition) is 0. The summed E-state index contributed by atoms with van der Waals surface area (Å²) in [4.78, 5) is 14.4. The van der Waals surface area contributed by atoms with Crippen molar-refractivity contribution in [2.24, 2.45) is 11.8 Å². The van der Waals surface area contributed by atoms with Gasteiger partial charge in [-0.3, -0.25) is 9.69 Å². The van der Waals surface area contributed by atoms with Crippen molar-refractivity contribution in [2.75, 3.05) is 20.2 Å². The minimum Gasteiger partial charge on any atom is -0.469 e. The second kappa shape index (κ2) is 6.02. The molecule has 0 saturated heterocycles. The summed E-state index contributed by atoms with van der Waals surface area (Å²) >= 11 is 0. The van der Waals surface area contributed by atoms with Gasteiger partial charge in [0, 0.05) is 19.6 Å². The Balaban J connectivity index is 1.67. The number of nitrogens with zero attached hydrogens (tertiary/aromatic N) is 1. The maximum absolute atomic E-state index is 11.9. The molecule has 3 heteroatoms. The highest BCUT2D eigenvalue weighted by Gasteiger charge is 2.37. The SMILES string of the molecule is COC(=O)[C@H]1CCC2=C(CN(Cc3ccccc3)C2)[C@@H]1C. The van der Waals surface area contributed by atoms with Crippen molar-refractivity contribution in [3.8, 4) is 0 Å². The molecule has 3 nitrogen and oxygen atoms in total. The Kier molecular flexibility index (Phi) is 4.11. The van der Waals surface area contributed by atoms with Crippen LogP contribution in [0.5, 0.6) is 0 Å². The minimum atomic E-state index is -0.0458. The van der Waals surface area contributed by atoms with Gasteiger partial charge in [0.05, 0.1) is 13.0 Å². The van der Waals surface area contributed by atoms with E-state index in [9.17, 15) is 4.79 Å².